The van der Waals surface area contributed by atoms with E-state index in [4.69, 9.17) is 4.42 Å². The molecule has 0 aliphatic heterocycles. The molecule has 2 N–H and O–H groups in total. The maximum Gasteiger partial charge on any atom is 0.254 e. The molecule has 32 heavy (non-hydrogen) atoms. The lowest BCUT2D eigenvalue weighted by Crippen LogP contribution is -2.22. The largest absolute Gasteiger partial charge is 0.467 e. The molecule has 158 valence electrons. The van der Waals surface area contributed by atoms with Crippen LogP contribution in [-0.4, -0.2) is 30.5 Å². The first kappa shape index (κ1) is 19.4. The predicted octanol–water partition coefficient (Wildman–Crippen LogP) is 3.76. The normalized spacial score (nSPS) is 10.9. The van der Waals surface area contributed by atoms with Crippen molar-refractivity contribution < 1.29 is 9.21 Å². The second-order valence-corrected chi connectivity index (χ2v) is 7.14. The number of aromatic nitrogens is 5. The molecule has 1 aromatic carbocycles. The molecule has 5 rings (SSSR count). The van der Waals surface area contributed by atoms with Crippen LogP contribution in [0.5, 0.6) is 0 Å². The number of hydrogen-bond donors (Lipinski definition) is 2. The summed E-state index contributed by atoms with van der Waals surface area (Å²) in [6.45, 7) is 2.21. The Morgan fingerprint density at radius 1 is 1.09 bits per heavy atom. The fourth-order valence-corrected chi connectivity index (χ4v) is 3.26. The first-order valence-corrected chi connectivity index (χ1v) is 9.98. The van der Waals surface area contributed by atoms with Crippen molar-refractivity contribution >= 4 is 23.2 Å². The highest BCUT2D eigenvalue weighted by molar-refractivity contribution is 5.95. The number of benzene rings is 1. The molecule has 4 aromatic heterocycles. The monoisotopic (exact) mass is 425 g/mol. The second-order valence-electron chi connectivity index (χ2n) is 7.14. The predicted molar refractivity (Wildman–Crippen MR) is 118 cm³/mol. The third-order valence-corrected chi connectivity index (χ3v) is 4.76. The van der Waals surface area contributed by atoms with Crippen LogP contribution < -0.4 is 10.6 Å². The van der Waals surface area contributed by atoms with E-state index in [0.717, 1.165) is 16.9 Å². The van der Waals surface area contributed by atoms with Gasteiger partial charge in [0, 0.05) is 41.0 Å². The van der Waals surface area contributed by atoms with E-state index in [9.17, 15) is 4.79 Å². The minimum atomic E-state index is -0.194. The van der Waals surface area contributed by atoms with Gasteiger partial charge in [0.05, 0.1) is 12.8 Å². The number of pyridine rings is 1. The second kappa shape index (κ2) is 8.31. The number of anilines is 2. The lowest BCUT2D eigenvalue weighted by molar-refractivity contribution is 0.0948. The molecule has 0 atom stereocenters. The molecule has 9 nitrogen and oxygen atoms in total. The summed E-state index contributed by atoms with van der Waals surface area (Å²) in [5.41, 5.74) is 2.86. The number of fused-ring (bicyclic) bond motifs is 1. The maximum atomic E-state index is 12.5. The molecule has 0 aliphatic rings. The molecule has 1 amide bonds. The van der Waals surface area contributed by atoms with Crippen LogP contribution >= 0.6 is 0 Å². The fourth-order valence-electron chi connectivity index (χ4n) is 3.26. The highest BCUT2D eigenvalue weighted by Gasteiger charge is 2.13. The summed E-state index contributed by atoms with van der Waals surface area (Å²) in [5, 5.41) is 10.8. The highest BCUT2D eigenvalue weighted by atomic mass is 16.3. The van der Waals surface area contributed by atoms with Gasteiger partial charge in [-0.05, 0) is 49.4 Å². The lowest BCUT2D eigenvalue weighted by atomic mass is 10.2. The number of hydrogen-bond acceptors (Lipinski definition) is 7. The van der Waals surface area contributed by atoms with E-state index >= 15 is 0 Å². The van der Waals surface area contributed by atoms with Crippen molar-refractivity contribution in [2.75, 3.05) is 5.32 Å². The number of nitrogens with one attached hydrogen (secondary N) is 2. The number of furan rings is 1. The van der Waals surface area contributed by atoms with Crippen LogP contribution in [0.1, 0.15) is 21.8 Å². The van der Waals surface area contributed by atoms with E-state index in [0.29, 0.717) is 35.3 Å². The van der Waals surface area contributed by atoms with Crippen molar-refractivity contribution in [1.29, 1.82) is 0 Å². The number of carbonyl (C=O) groups is 1. The number of nitrogens with zero attached hydrogens (tertiary/aromatic N) is 5. The average molecular weight is 425 g/mol. The molecular formula is C23H19N7O2. The lowest BCUT2D eigenvalue weighted by Gasteiger charge is -2.10. The fraction of sp³-hybridized carbons (Fsp3) is 0.0870. The van der Waals surface area contributed by atoms with Gasteiger partial charge in [0.2, 0.25) is 0 Å². The van der Waals surface area contributed by atoms with Crippen LogP contribution in [0.2, 0.25) is 0 Å². The van der Waals surface area contributed by atoms with E-state index < -0.39 is 0 Å². The van der Waals surface area contributed by atoms with E-state index in [1.165, 1.54) is 0 Å². The zero-order valence-corrected chi connectivity index (χ0v) is 17.2. The standard InChI is InChI=1S/C23H19N7O2/c1-15-11-20(30-23(26-15)28-21(29-30)17-6-3-9-24-13-17)27-18-7-2-5-16(12-18)22(31)25-14-19-8-4-10-32-19/h2-13,27H,14H2,1H3,(H,25,31). The zero-order valence-electron chi connectivity index (χ0n) is 17.2. The number of aryl methyl sites for hydroxylation is 1. The van der Waals surface area contributed by atoms with Gasteiger partial charge in [-0.15, -0.1) is 5.10 Å². The summed E-state index contributed by atoms with van der Waals surface area (Å²) in [7, 11) is 0. The smallest absolute Gasteiger partial charge is 0.254 e. The molecule has 0 bridgehead atoms. The molecular weight excluding hydrogens is 406 g/mol. The number of amides is 1. The summed E-state index contributed by atoms with van der Waals surface area (Å²) in [5.74, 6) is 2.19. The first-order chi connectivity index (χ1) is 15.7. The topological polar surface area (TPSA) is 110 Å². The van der Waals surface area contributed by atoms with Crippen molar-refractivity contribution in [3.63, 3.8) is 0 Å². The molecule has 0 aliphatic carbocycles. The Morgan fingerprint density at radius 3 is 2.84 bits per heavy atom. The minimum absolute atomic E-state index is 0.194. The van der Waals surface area contributed by atoms with Crippen LogP contribution in [-0.2, 0) is 6.54 Å². The van der Waals surface area contributed by atoms with Crippen LogP contribution in [0, 0.1) is 6.92 Å². The van der Waals surface area contributed by atoms with Crippen molar-refractivity contribution in [1.82, 2.24) is 29.9 Å². The summed E-state index contributed by atoms with van der Waals surface area (Å²) < 4.78 is 6.89. The van der Waals surface area contributed by atoms with Crippen molar-refractivity contribution in [2.24, 2.45) is 0 Å². The SMILES string of the molecule is Cc1cc(Nc2cccc(C(=O)NCc3ccco3)c2)n2nc(-c3cccnc3)nc2n1. The molecule has 0 saturated heterocycles. The van der Waals surface area contributed by atoms with Crippen LogP contribution in [0.3, 0.4) is 0 Å². The Morgan fingerprint density at radius 2 is 2.03 bits per heavy atom. The third kappa shape index (κ3) is 4.04. The Hall–Kier alpha value is -4.53. The maximum absolute atomic E-state index is 12.5. The van der Waals surface area contributed by atoms with Gasteiger partial charge in [0.25, 0.3) is 11.7 Å². The highest BCUT2D eigenvalue weighted by Crippen LogP contribution is 2.21. The van der Waals surface area contributed by atoms with Crippen molar-refractivity contribution in [3.05, 3.63) is 90.3 Å². The Labute approximate surface area is 183 Å². The molecule has 0 spiro atoms. The molecule has 0 radical (unpaired) electrons. The van der Waals surface area contributed by atoms with Crippen LogP contribution in [0.15, 0.2) is 77.7 Å². The first-order valence-electron chi connectivity index (χ1n) is 9.98. The van der Waals surface area contributed by atoms with Gasteiger partial charge in [-0.25, -0.2) is 4.98 Å². The van der Waals surface area contributed by atoms with Gasteiger partial charge < -0.3 is 15.1 Å². The molecule has 0 fully saturated rings. The molecule has 0 saturated carbocycles. The van der Waals surface area contributed by atoms with Gasteiger partial charge in [0.15, 0.2) is 5.82 Å². The van der Waals surface area contributed by atoms with Gasteiger partial charge in [-0.2, -0.15) is 9.50 Å². The third-order valence-electron chi connectivity index (χ3n) is 4.76. The molecule has 9 heteroatoms. The van der Waals surface area contributed by atoms with E-state index in [2.05, 4.69) is 30.7 Å². The Bertz CT molecular complexity index is 1380. The molecule has 0 unspecified atom stereocenters. The summed E-state index contributed by atoms with van der Waals surface area (Å²) in [6.07, 6.45) is 4.99. The van der Waals surface area contributed by atoms with Crippen LogP contribution in [0.4, 0.5) is 11.5 Å². The van der Waals surface area contributed by atoms with Gasteiger partial charge in [-0.3, -0.25) is 9.78 Å². The number of carbonyl (C=O) groups excluding carboxylic acids is 1. The Kier molecular flexibility index (Phi) is 5.04. The minimum Gasteiger partial charge on any atom is -0.467 e. The average Bonchev–Trinajstić information content (AvgIpc) is 3.48. The van der Waals surface area contributed by atoms with Crippen molar-refractivity contribution in [3.8, 4) is 11.4 Å². The van der Waals surface area contributed by atoms with E-state index in [1.54, 1.807) is 41.4 Å². The molecule has 5 aromatic rings. The van der Waals surface area contributed by atoms with E-state index in [1.807, 2.05) is 43.3 Å². The number of rotatable bonds is 6. The van der Waals surface area contributed by atoms with Gasteiger partial charge in [0.1, 0.15) is 11.6 Å². The Balaban J connectivity index is 1.41. The quantitative estimate of drug-likeness (QED) is 0.426. The summed E-state index contributed by atoms with van der Waals surface area (Å²) in [6, 6.07) is 16.4. The molecule has 4 heterocycles. The van der Waals surface area contributed by atoms with Gasteiger partial charge >= 0.3 is 0 Å². The summed E-state index contributed by atoms with van der Waals surface area (Å²) in [4.78, 5) is 25.7. The van der Waals surface area contributed by atoms with Crippen molar-refractivity contribution in [2.45, 2.75) is 13.5 Å². The van der Waals surface area contributed by atoms with Gasteiger partial charge in [-0.1, -0.05) is 6.07 Å². The summed E-state index contributed by atoms with van der Waals surface area (Å²) >= 11 is 0. The zero-order chi connectivity index (χ0) is 21.9. The van der Waals surface area contributed by atoms with E-state index in [-0.39, 0.29) is 5.91 Å². The van der Waals surface area contributed by atoms with Crippen LogP contribution in [0.25, 0.3) is 17.2 Å².